The highest BCUT2D eigenvalue weighted by atomic mass is 16.5. The van der Waals surface area contributed by atoms with Crippen LogP contribution < -0.4 is 10.1 Å². The molecule has 0 fully saturated rings. The van der Waals surface area contributed by atoms with Gasteiger partial charge in [0.05, 0.1) is 7.11 Å². The van der Waals surface area contributed by atoms with Crippen molar-refractivity contribution in [2.24, 2.45) is 0 Å². The van der Waals surface area contributed by atoms with Crippen molar-refractivity contribution >= 4 is 17.5 Å². The van der Waals surface area contributed by atoms with Crippen LogP contribution in [-0.2, 0) is 6.54 Å². The van der Waals surface area contributed by atoms with Crippen LogP contribution in [-0.4, -0.2) is 30.9 Å². The molecular weight excluding hydrogens is 352 g/mol. The summed E-state index contributed by atoms with van der Waals surface area (Å²) < 4.78 is 5.16. The predicted octanol–water partition coefficient (Wildman–Crippen LogP) is 4.22. The number of hydrogen-bond acceptors (Lipinski definition) is 3. The van der Waals surface area contributed by atoms with E-state index >= 15 is 0 Å². The van der Waals surface area contributed by atoms with E-state index in [1.807, 2.05) is 36.4 Å². The number of ether oxygens (including phenoxy) is 1. The number of carbonyl (C=O) groups is 2. The van der Waals surface area contributed by atoms with Gasteiger partial charge in [-0.3, -0.25) is 9.59 Å². The lowest BCUT2D eigenvalue weighted by molar-refractivity contribution is 0.0784. The Kier molecular flexibility index (Phi) is 6.07. The first kappa shape index (κ1) is 19.2. The molecule has 1 N–H and O–H groups in total. The van der Waals surface area contributed by atoms with Crippen molar-refractivity contribution in [1.82, 2.24) is 4.90 Å². The maximum absolute atomic E-state index is 12.6. The number of nitrogens with one attached hydrogen (secondary N) is 1. The number of methoxy groups -OCH3 is 1. The molecule has 3 aromatic rings. The number of carbonyl (C=O) groups excluding carboxylic acids is 2. The second-order valence-electron chi connectivity index (χ2n) is 6.41. The van der Waals surface area contributed by atoms with Gasteiger partial charge < -0.3 is 15.0 Å². The van der Waals surface area contributed by atoms with Gasteiger partial charge in [-0.15, -0.1) is 0 Å². The summed E-state index contributed by atoms with van der Waals surface area (Å²) in [5.74, 6) is 0.327. The van der Waals surface area contributed by atoms with Crippen LogP contribution >= 0.6 is 0 Å². The number of anilines is 1. The van der Waals surface area contributed by atoms with Crippen LogP contribution in [0, 0.1) is 0 Å². The first-order chi connectivity index (χ1) is 13.6. The zero-order chi connectivity index (χ0) is 19.9. The van der Waals surface area contributed by atoms with Gasteiger partial charge in [0.25, 0.3) is 11.8 Å². The third kappa shape index (κ3) is 4.76. The van der Waals surface area contributed by atoms with Gasteiger partial charge in [-0.05, 0) is 42.0 Å². The van der Waals surface area contributed by atoms with Crippen LogP contribution in [0.2, 0.25) is 0 Å². The molecular formula is C23H22N2O3. The topological polar surface area (TPSA) is 58.6 Å². The first-order valence-corrected chi connectivity index (χ1v) is 8.91. The van der Waals surface area contributed by atoms with Gasteiger partial charge in [0.1, 0.15) is 5.75 Å². The SMILES string of the molecule is COc1cccc(NC(=O)c2ccc(C(=O)N(C)Cc3ccccc3)cc2)c1. The van der Waals surface area contributed by atoms with Crippen molar-refractivity contribution in [3.05, 3.63) is 95.6 Å². The number of nitrogens with zero attached hydrogens (tertiary/aromatic N) is 1. The monoisotopic (exact) mass is 374 g/mol. The van der Waals surface area contributed by atoms with Crippen molar-refractivity contribution in [3.8, 4) is 5.75 Å². The van der Waals surface area contributed by atoms with Gasteiger partial charge >= 0.3 is 0 Å². The van der Waals surface area contributed by atoms with Crippen molar-refractivity contribution in [2.75, 3.05) is 19.5 Å². The summed E-state index contributed by atoms with van der Waals surface area (Å²) in [6.45, 7) is 0.526. The van der Waals surface area contributed by atoms with E-state index in [2.05, 4.69) is 5.32 Å². The highest BCUT2D eigenvalue weighted by Crippen LogP contribution is 2.18. The van der Waals surface area contributed by atoms with E-state index in [1.165, 1.54) is 0 Å². The van der Waals surface area contributed by atoms with Crippen LogP contribution in [0.15, 0.2) is 78.9 Å². The molecule has 5 nitrogen and oxygen atoms in total. The highest BCUT2D eigenvalue weighted by Gasteiger charge is 2.13. The molecule has 3 aromatic carbocycles. The number of benzene rings is 3. The minimum Gasteiger partial charge on any atom is -0.497 e. The molecule has 0 aliphatic carbocycles. The van der Waals surface area contributed by atoms with Crippen molar-refractivity contribution in [2.45, 2.75) is 6.54 Å². The van der Waals surface area contributed by atoms with Gasteiger partial charge in [-0.25, -0.2) is 0 Å². The standard InChI is InChI=1S/C23H22N2O3/c1-25(16-17-7-4-3-5-8-17)23(27)19-13-11-18(12-14-19)22(26)24-20-9-6-10-21(15-20)28-2/h3-15H,16H2,1-2H3,(H,24,26). The van der Waals surface area contributed by atoms with Crippen LogP contribution in [0.5, 0.6) is 5.75 Å². The van der Waals surface area contributed by atoms with Crippen LogP contribution in [0.3, 0.4) is 0 Å². The second kappa shape index (κ2) is 8.86. The van der Waals surface area contributed by atoms with Gasteiger partial charge in [-0.2, -0.15) is 0 Å². The van der Waals surface area contributed by atoms with Crippen molar-refractivity contribution in [3.63, 3.8) is 0 Å². The molecule has 142 valence electrons. The molecule has 2 amide bonds. The Morgan fingerprint density at radius 2 is 1.57 bits per heavy atom. The summed E-state index contributed by atoms with van der Waals surface area (Å²) in [5.41, 5.74) is 2.72. The Morgan fingerprint density at radius 3 is 2.25 bits per heavy atom. The normalized spacial score (nSPS) is 10.2. The Labute approximate surface area is 164 Å². The fourth-order valence-electron chi connectivity index (χ4n) is 2.82. The lowest BCUT2D eigenvalue weighted by atomic mass is 10.1. The molecule has 0 bridgehead atoms. The molecule has 0 spiro atoms. The van der Waals surface area contributed by atoms with Crippen LogP contribution in [0.4, 0.5) is 5.69 Å². The first-order valence-electron chi connectivity index (χ1n) is 8.91. The van der Waals surface area contributed by atoms with Gasteiger partial charge in [-0.1, -0.05) is 36.4 Å². The average molecular weight is 374 g/mol. The summed E-state index contributed by atoms with van der Waals surface area (Å²) in [7, 11) is 3.34. The maximum Gasteiger partial charge on any atom is 0.255 e. The largest absolute Gasteiger partial charge is 0.497 e. The predicted molar refractivity (Wildman–Crippen MR) is 110 cm³/mol. The summed E-state index contributed by atoms with van der Waals surface area (Å²) in [6, 6.07) is 23.6. The Bertz CT molecular complexity index is 953. The quantitative estimate of drug-likeness (QED) is 0.703. The smallest absolute Gasteiger partial charge is 0.255 e. The molecule has 0 atom stereocenters. The van der Waals surface area contributed by atoms with Gasteiger partial charge in [0.15, 0.2) is 0 Å². The maximum atomic E-state index is 12.6. The molecule has 0 aromatic heterocycles. The zero-order valence-electron chi connectivity index (χ0n) is 15.9. The lowest BCUT2D eigenvalue weighted by Crippen LogP contribution is -2.26. The number of rotatable bonds is 6. The summed E-state index contributed by atoms with van der Waals surface area (Å²) >= 11 is 0. The molecule has 0 saturated heterocycles. The van der Waals surface area contributed by atoms with Crippen LogP contribution in [0.1, 0.15) is 26.3 Å². The van der Waals surface area contributed by atoms with Gasteiger partial charge in [0.2, 0.25) is 0 Å². The van der Waals surface area contributed by atoms with E-state index in [-0.39, 0.29) is 11.8 Å². The van der Waals surface area contributed by atoms with E-state index in [4.69, 9.17) is 4.74 Å². The fraction of sp³-hybridized carbons (Fsp3) is 0.130. The van der Waals surface area contributed by atoms with Crippen LogP contribution in [0.25, 0.3) is 0 Å². The lowest BCUT2D eigenvalue weighted by Gasteiger charge is -2.17. The summed E-state index contributed by atoms with van der Waals surface area (Å²) in [4.78, 5) is 26.7. The Hall–Kier alpha value is -3.60. The number of amides is 2. The minimum atomic E-state index is -0.245. The molecule has 0 heterocycles. The minimum absolute atomic E-state index is 0.0939. The van der Waals surface area contributed by atoms with E-state index in [0.717, 1.165) is 5.56 Å². The molecule has 28 heavy (non-hydrogen) atoms. The summed E-state index contributed by atoms with van der Waals surface area (Å²) in [5, 5.41) is 2.82. The molecule has 0 unspecified atom stereocenters. The third-order valence-corrected chi connectivity index (χ3v) is 4.33. The Morgan fingerprint density at radius 1 is 0.893 bits per heavy atom. The van der Waals surface area contributed by atoms with E-state index in [0.29, 0.717) is 29.1 Å². The number of hydrogen-bond donors (Lipinski definition) is 1. The molecule has 0 saturated carbocycles. The molecule has 5 heteroatoms. The van der Waals surface area contributed by atoms with Gasteiger partial charge in [0, 0.05) is 36.5 Å². The zero-order valence-corrected chi connectivity index (χ0v) is 15.9. The average Bonchev–Trinajstić information content (AvgIpc) is 2.74. The molecule has 3 rings (SSSR count). The molecule has 0 aliphatic heterocycles. The third-order valence-electron chi connectivity index (χ3n) is 4.33. The molecule has 0 aliphatic rings. The van der Waals surface area contributed by atoms with E-state index < -0.39 is 0 Å². The van der Waals surface area contributed by atoms with Crippen molar-refractivity contribution in [1.29, 1.82) is 0 Å². The van der Waals surface area contributed by atoms with E-state index in [1.54, 1.807) is 61.5 Å². The van der Waals surface area contributed by atoms with Crippen molar-refractivity contribution < 1.29 is 14.3 Å². The van der Waals surface area contributed by atoms with E-state index in [9.17, 15) is 9.59 Å². The second-order valence-corrected chi connectivity index (χ2v) is 6.41. The fourth-order valence-corrected chi connectivity index (χ4v) is 2.82. The molecule has 0 radical (unpaired) electrons. The summed E-state index contributed by atoms with van der Waals surface area (Å²) in [6.07, 6.45) is 0. The Balaban J connectivity index is 1.65. The highest BCUT2D eigenvalue weighted by molar-refractivity contribution is 6.05.